The molecule has 0 aromatic heterocycles. The molecule has 1 atom stereocenters. The van der Waals surface area contributed by atoms with Crippen LogP contribution in [0.2, 0.25) is 0 Å². The van der Waals surface area contributed by atoms with Crippen LogP contribution >= 0.6 is 0 Å². The molecule has 0 saturated carbocycles. The lowest BCUT2D eigenvalue weighted by Crippen LogP contribution is -2.51. The Labute approximate surface area is 239 Å². The maximum atomic E-state index is 14.1. The van der Waals surface area contributed by atoms with Gasteiger partial charge in [-0.3, -0.25) is 9.10 Å². The molecule has 1 heterocycles. The minimum Gasteiger partial charge on any atom is -0.302 e. The van der Waals surface area contributed by atoms with Crippen LogP contribution in [0.4, 0.5) is 15.8 Å². The predicted octanol–water partition coefficient (Wildman–Crippen LogP) is 4.65. The van der Waals surface area contributed by atoms with Gasteiger partial charge in [0.1, 0.15) is 5.82 Å². The number of fused-ring (bicyclic) bond motifs is 1. The van der Waals surface area contributed by atoms with E-state index < -0.39 is 37.8 Å². The molecule has 11 heteroatoms. The van der Waals surface area contributed by atoms with Crippen molar-refractivity contribution >= 4 is 37.3 Å². The molecule has 1 aliphatic heterocycles. The maximum absolute atomic E-state index is 14.1. The standard InChI is InChI=1S/C30H28FN3O5S2/c1-21-7-15-26(16-8-21)40(36,37)32-19-25-20-33(41(38,39)27-17-9-22(2)10-18-27)29-6-4-3-5-28(29)30(35)34(25)24-13-11-23(31)12-14-24/h3-18,25,32H,19-20H2,1-2H3. The van der Waals surface area contributed by atoms with Crippen molar-refractivity contribution in [3.63, 3.8) is 0 Å². The molecule has 0 fully saturated rings. The van der Waals surface area contributed by atoms with Crippen LogP contribution in [0.3, 0.4) is 0 Å². The fourth-order valence-electron chi connectivity index (χ4n) is 4.70. The van der Waals surface area contributed by atoms with Crippen molar-refractivity contribution in [2.45, 2.75) is 29.7 Å². The highest BCUT2D eigenvalue weighted by Gasteiger charge is 2.39. The van der Waals surface area contributed by atoms with E-state index in [4.69, 9.17) is 0 Å². The minimum absolute atomic E-state index is 0.0274. The normalized spacial score (nSPS) is 15.9. The van der Waals surface area contributed by atoms with Gasteiger partial charge in [-0.05, 0) is 74.5 Å². The smallest absolute Gasteiger partial charge is 0.264 e. The fraction of sp³-hybridized carbons (Fsp3) is 0.167. The molecule has 1 aliphatic rings. The minimum atomic E-state index is -4.18. The van der Waals surface area contributed by atoms with Gasteiger partial charge in [0, 0.05) is 12.2 Å². The highest BCUT2D eigenvalue weighted by Crippen LogP contribution is 2.34. The van der Waals surface area contributed by atoms with Gasteiger partial charge in [0.05, 0.1) is 33.6 Å². The molecule has 0 bridgehead atoms. The lowest BCUT2D eigenvalue weighted by molar-refractivity contribution is 0.0980. The summed E-state index contributed by atoms with van der Waals surface area (Å²) in [6, 6.07) is 23.1. The average Bonchev–Trinajstić information content (AvgIpc) is 3.08. The molecule has 0 aliphatic carbocycles. The van der Waals surface area contributed by atoms with E-state index in [1.165, 1.54) is 59.5 Å². The third kappa shape index (κ3) is 5.74. The second-order valence-electron chi connectivity index (χ2n) is 9.84. The van der Waals surface area contributed by atoms with E-state index in [1.54, 1.807) is 42.5 Å². The molecular weight excluding hydrogens is 565 g/mol. The number of anilines is 2. The number of sulfonamides is 2. The number of aryl methyl sites for hydroxylation is 2. The zero-order valence-corrected chi connectivity index (χ0v) is 24.0. The summed E-state index contributed by atoms with van der Waals surface area (Å²) in [4.78, 5) is 15.4. The second-order valence-corrected chi connectivity index (χ2v) is 13.5. The van der Waals surface area contributed by atoms with Crippen molar-refractivity contribution < 1.29 is 26.0 Å². The van der Waals surface area contributed by atoms with E-state index >= 15 is 0 Å². The van der Waals surface area contributed by atoms with Crippen molar-refractivity contribution in [3.8, 4) is 0 Å². The lowest BCUT2D eigenvalue weighted by Gasteiger charge is -2.32. The van der Waals surface area contributed by atoms with E-state index in [-0.39, 0.29) is 34.1 Å². The summed E-state index contributed by atoms with van der Waals surface area (Å²) in [6.45, 7) is 3.09. The van der Waals surface area contributed by atoms with Gasteiger partial charge in [-0.1, -0.05) is 47.5 Å². The number of amides is 1. The van der Waals surface area contributed by atoms with Crippen molar-refractivity contribution in [2.75, 3.05) is 22.3 Å². The van der Waals surface area contributed by atoms with Crippen LogP contribution < -0.4 is 13.9 Å². The second kappa shape index (κ2) is 11.1. The van der Waals surface area contributed by atoms with Crippen LogP contribution in [-0.4, -0.2) is 41.9 Å². The van der Waals surface area contributed by atoms with Crippen molar-refractivity contribution in [1.29, 1.82) is 0 Å². The van der Waals surface area contributed by atoms with E-state index in [9.17, 15) is 26.0 Å². The molecule has 41 heavy (non-hydrogen) atoms. The Hall–Kier alpha value is -4.06. The molecule has 0 saturated heterocycles. The highest BCUT2D eigenvalue weighted by molar-refractivity contribution is 7.92. The van der Waals surface area contributed by atoms with Crippen LogP contribution in [0.5, 0.6) is 0 Å². The molecule has 1 amide bonds. The summed E-state index contributed by atoms with van der Waals surface area (Å²) < 4.78 is 72.0. The number of hydrogen-bond donors (Lipinski definition) is 1. The summed E-state index contributed by atoms with van der Waals surface area (Å²) >= 11 is 0. The van der Waals surface area contributed by atoms with Gasteiger partial charge in [0.15, 0.2) is 0 Å². The van der Waals surface area contributed by atoms with Crippen LogP contribution in [0.15, 0.2) is 107 Å². The monoisotopic (exact) mass is 593 g/mol. The zero-order valence-electron chi connectivity index (χ0n) is 22.4. The number of nitrogens with zero attached hydrogens (tertiary/aromatic N) is 2. The van der Waals surface area contributed by atoms with E-state index in [1.807, 2.05) is 13.8 Å². The molecule has 0 spiro atoms. The topological polar surface area (TPSA) is 104 Å². The van der Waals surface area contributed by atoms with Crippen LogP contribution in [0.25, 0.3) is 0 Å². The Bertz CT molecular complexity index is 1790. The first-order valence-electron chi connectivity index (χ1n) is 12.8. The Kier molecular flexibility index (Phi) is 7.69. The lowest BCUT2D eigenvalue weighted by atomic mass is 10.1. The quantitative estimate of drug-likeness (QED) is 0.336. The first-order chi connectivity index (χ1) is 19.5. The molecule has 8 nitrogen and oxygen atoms in total. The maximum Gasteiger partial charge on any atom is 0.264 e. The third-order valence-corrected chi connectivity index (χ3v) is 10.2. The number of carbonyl (C=O) groups is 1. The number of benzene rings is 4. The predicted molar refractivity (Wildman–Crippen MR) is 156 cm³/mol. The van der Waals surface area contributed by atoms with Gasteiger partial charge in [0.2, 0.25) is 10.0 Å². The third-order valence-electron chi connectivity index (χ3n) is 6.92. The van der Waals surface area contributed by atoms with Gasteiger partial charge >= 0.3 is 0 Å². The van der Waals surface area contributed by atoms with Crippen LogP contribution in [-0.2, 0) is 20.0 Å². The number of carbonyl (C=O) groups excluding carboxylic acids is 1. The SMILES string of the molecule is Cc1ccc(S(=O)(=O)NCC2CN(S(=O)(=O)c3ccc(C)cc3)c3ccccc3C(=O)N2c2ccc(F)cc2)cc1. The summed E-state index contributed by atoms with van der Waals surface area (Å²) in [5.74, 6) is -1.06. The van der Waals surface area contributed by atoms with E-state index in [0.29, 0.717) is 5.69 Å². The molecule has 4 aromatic carbocycles. The summed E-state index contributed by atoms with van der Waals surface area (Å²) in [5, 5.41) is 0. The van der Waals surface area contributed by atoms with Gasteiger partial charge in [0.25, 0.3) is 15.9 Å². The first-order valence-corrected chi connectivity index (χ1v) is 15.7. The van der Waals surface area contributed by atoms with Crippen molar-refractivity contribution in [2.24, 2.45) is 0 Å². The number of para-hydroxylation sites is 1. The Balaban J connectivity index is 1.61. The van der Waals surface area contributed by atoms with E-state index in [2.05, 4.69) is 4.72 Å². The Morgan fingerprint density at radius 1 is 0.780 bits per heavy atom. The number of rotatable bonds is 7. The summed E-state index contributed by atoms with van der Waals surface area (Å²) in [7, 11) is -8.19. The molecule has 1 N–H and O–H groups in total. The Morgan fingerprint density at radius 2 is 1.34 bits per heavy atom. The first kappa shape index (κ1) is 28.5. The molecule has 212 valence electrons. The van der Waals surface area contributed by atoms with Gasteiger partial charge in [-0.15, -0.1) is 0 Å². The number of nitrogens with one attached hydrogen (secondary N) is 1. The van der Waals surface area contributed by atoms with Gasteiger partial charge < -0.3 is 4.90 Å². The molecule has 0 radical (unpaired) electrons. The van der Waals surface area contributed by atoms with Gasteiger partial charge in [-0.25, -0.2) is 25.9 Å². The summed E-state index contributed by atoms with van der Waals surface area (Å²) in [5.41, 5.74) is 2.32. The summed E-state index contributed by atoms with van der Waals surface area (Å²) in [6.07, 6.45) is 0. The van der Waals surface area contributed by atoms with Crippen LogP contribution in [0, 0.1) is 19.7 Å². The largest absolute Gasteiger partial charge is 0.302 e. The molecule has 1 unspecified atom stereocenters. The van der Waals surface area contributed by atoms with Crippen molar-refractivity contribution in [1.82, 2.24) is 4.72 Å². The van der Waals surface area contributed by atoms with E-state index in [0.717, 1.165) is 15.4 Å². The van der Waals surface area contributed by atoms with Crippen LogP contribution in [0.1, 0.15) is 21.5 Å². The Morgan fingerprint density at radius 3 is 1.95 bits per heavy atom. The molecule has 5 rings (SSSR count). The fourth-order valence-corrected chi connectivity index (χ4v) is 7.29. The van der Waals surface area contributed by atoms with Crippen molar-refractivity contribution in [3.05, 3.63) is 120 Å². The zero-order chi connectivity index (χ0) is 29.4. The number of hydrogen-bond acceptors (Lipinski definition) is 5. The van der Waals surface area contributed by atoms with Gasteiger partial charge in [-0.2, -0.15) is 0 Å². The highest BCUT2D eigenvalue weighted by atomic mass is 32.2. The number of halogens is 1. The average molecular weight is 594 g/mol. The molecular formula is C30H28FN3O5S2. The molecule has 4 aromatic rings.